The lowest BCUT2D eigenvalue weighted by Gasteiger charge is -2.34. The van der Waals surface area contributed by atoms with E-state index in [1.807, 2.05) is 18.2 Å². The molecule has 1 unspecified atom stereocenters. The van der Waals surface area contributed by atoms with Crippen molar-refractivity contribution in [1.82, 2.24) is 4.90 Å². The summed E-state index contributed by atoms with van der Waals surface area (Å²) in [5.41, 5.74) is 9.11. The highest BCUT2D eigenvalue weighted by Gasteiger charge is 2.32. The molecule has 1 aromatic carbocycles. The van der Waals surface area contributed by atoms with Crippen LogP contribution in [0.1, 0.15) is 30.0 Å². The summed E-state index contributed by atoms with van der Waals surface area (Å²) in [7, 11) is 0. The number of nitrogens with two attached hydrogens (primary N) is 1. The highest BCUT2D eigenvalue weighted by Crippen LogP contribution is 2.36. The Balaban J connectivity index is 0.00000120. The lowest BCUT2D eigenvalue weighted by atomic mass is 9.92. The number of rotatable bonds is 3. The molecular weight excluding hydrogens is 248 g/mol. The maximum absolute atomic E-state index is 11.4. The molecule has 0 spiro atoms. The highest BCUT2D eigenvalue weighted by molar-refractivity contribution is 5.85. The lowest BCUT2D eigenvalue weighted by Crippen LogP contribution is -2.38. The van der Waals surface area contributed by atoms with Gasteiger partial charge in [-0.1, -0.05) is 12.1 Å². The molecule has 1 aliphatic carbocycles. The van der Waals surface area contributed by atoms with Gasteiger partial charge in [0.1, 0.15) is 6.29 Å². The van der Waals surface area contributed by atoms with E-state index in [1.165, 1.54) is 18.4 Å². The van der Waals surface area contributed by atoms with Crippen LogP contribution in [0.15, 0.2) is 18.2 Å². The third kappa shape index (κ3) is 2.38. The van der Waals surface area contributed by atoms with Crippen LogP contribution in [0.5, 0.6) is 0 Å². The summed E-state index contributed by atoms with van der Waals surface area (Å²) in [5.74, 6) is 0.819. The van der Waals surface area contributed by atoms with Gasteiger partial charge in [-0.2, -0.15) is 0 Å². The Labute approximate surface area is 114 Å². The first kappa shape index (κ1) is 13.4. The van der Waals surface area contributed by atoms with Gasteiger partial charge in [0.2, 0.25) is 0 Å². The van der Waals surface area contributed by atoms with E-state index < -0.39 is 0 Å². The van der Waals surface area contributed by atoms with Crippen LogP contribution in [-0.2, 0) is 11.2 Å². The Hall–Kier alpha value is -1.06. The summed E-state index contributed by atoms with van der Waals surface area (Å²) in [5, 5.41) is 0. The van der Waals surface area contributed by atoms with Gasteiger partial charge in [0, 0.05) is 18.8 Å². The van der Waals surface area contributed by atoms with Gasteiger partial charge in [0.05, 0.1) is 6.04 Å². The second-order valence-electron chi connectivity index (χ2n) is 5.18. The molecular formula is C14H19ClN2O. The molecule has 0 saturated heterocycles. The predicted molar refractivity (Wildman–Crippen MR) is 74.9 cm³/mol. The fourth-order valence-corrected chi connectivity index (χ4v) is 2.78. The maximum Gasteiger partial charge on any atom is 0.141 e. The highest BCUT2D eigenvalue weighted by atomic mass is 35.5. The van der Waals surface area contributed by atoms with Crippen molar-refractivity contribution in [3.05, 3.63) is 29.3 Å². The first-order valence-electron chi connectivity index (χ1n) is 6.36. The third-order valence-electron chi connectivity index (χ3n) is 3.93. The summed E-state index contributed by atoms with van der Waals surface area (Å²) in [6.07, 6.45) is 4.69. The second kappa shape index (κ2) is 5.29. The van der Waals surface area contributed by atoms with Gasteiger partial charge < -0.3 is 10.5 Å². The summed E-state index contributed by atoms with van der Waals surface area (Å²) in [4.78, 5) is 13.7. The molecule has 1 atom stereocenters. The van der Waals surface area contributed by atoms with Gasteiger partial charge in [-0.05, 0) is 42.4 Å². The topological polar surface area (TPSA) is 46.3 Å². The minimum absolute atomic E-state index is 0. The van der Waals surface area contributed by atoms with E-state index in [1.54, 1.807) is 0 Å². The molecule has 1 fully saturated rings. The quantitative estimate of drug-likeness (QED) is 0.674. The van der Waals surface area contributed by atoms with Crippen LogP contribution in [0.25, 0.3) is 0 Å². The molecule has 3 nitrogen and oxygen atoms in total. The average molecular weight is 267 g/mol. The number of aldehydes is 1. The molecule has 4 heteroatoms. The summed E-state index contributed by atoms with van der Waals surface area (Å²) < 4.78 is 0. The van der Waals surface area contributed by atoms with E-state index in [9.17, 15) is 4.79 Å². The van der Waals surface area contributed by atoms with Crippen molar-refractivity contribution in [3.63, 3.8) is 0 Å². The van der Waals surface area contributed by atoms with Crippen LogP contribution in [0.2, 0.25) is 0 Å². The SMILES string of the molecule is Cl.Nc1cccc2c1CCN(CC1CC1)C2C=O. The molecule has 98 valence electrons. The normalized spacial score (nSPS) is 23.0. The van der Waals surface area contributed by atoms with Crippen LogP contribution in [0.3, 0.4) is 0 Å². The molecule has 0 aromatic heterocycles. The van der Waals surface area contributed by atoms with Crippen molar-refractivity contribution in [2.45, 2.75) is 25.3 Å². The smallest absolute Gasteiger partial charge is 0.141 e. The van der Waals surface area contributed by atoms with Crippen molar-refractivity contribution in [3.8, 4) is 0 Å². The largest absolute Gasteiger partial charge is 0.398 e. The number of carbonyl (C=O) groups is 1. The summed E-state index contributed by atoms with van der Waals surface area (Å²) in [6, 6.07) is 5.84. The standard InChI is InChI=1S/C14H18N2O.ClH/c15-13-3-1-2-12-11(13)6-7-16(14(12)9-17)8-10-4-5-10;/h1-3,9-10,14H,4-8,15H2;1H. The predicted octanol–water partition coefficient (Wildman–Crippen LogP) is 2.20. The second-order valence-corrected chi connectivity index (χ2v) is 5.18. The van der Waals surface area contributed by atoms with E-state index in [0.717, 1.165) is 43.0 Å². The Morgan fingerprint density at radius 1 is 1.39 bits per heavy atom. The van der Waals surface area contributed by atoms with Crippen molar-refractivity contribution in [2.24, 2.45) is 5.92 Å². The first-order chi connectivity index (χ1) is 8.29. The molecule has 1 heterocycles. The molecule has 2 N–H and O–H groups in total. The van der Waals surface area contributed by atoms with Crippen LogP contribution >= 0.6 is 12.4 Å². The maximum atomic E-state index is 11.4. The molecule has 1 saturated carbocycles. The van der Waals surface area contributed by atoms with E-state index in [-0.39, 0.29) is 18.4 Å². The number of benzene rings is 1. The van der Waals surface area contributed by atoms with Gasteiger partial charge in [0.25, 0.3) is 0 Å². The molecule has 1 aromatic rings. The zero-order valence-electron chi connectivity index (χ0n) is 10.3. The number of hydrogen-bond acceptors (Lipinski definition) is 3. The van der Waals surface area contributed by atoms with Crippen LogP contribution in [0.4, 0.5) is 5.69 Å². The van der Waals surface area contributed by atoms with Crippen molar-refractivity contribution >= 4 is 24.4 Å². The number of hydrogen-bond donors (Lipinski definition) is 1. The zero-order valence-corrected chi connectivity index (χ0v) is 11.2. The van der Waals surface area contributed by atoms with Gasteiger partial charge in [-0.15, -0.1) is 12.4 Å². The van der Waals surface area contributed by atoms with Crippen molar-refractivity contribution in [2.75, 3.05) is 18.8 Å². The number of fused-ring (bicyclic) bond motifs is 1. The molecule has 18 heavy (non-hydrogen) atoms. The average Bonchev–Trinajstić information content (AvgIpc) is 3.13. The molecule has 1 aliphatic heterocycles. The number of nitrogens with zero attached hydrogens (tertiary/aromatic N) is 1. The Kier molecular flexibility index (Phi) is 3.93. The van der Waals surface area contributed by atoms with Crippen molar-refractivity contribution in [1.29, 1.82) is 0 Å². The number of anilines is 1. The Bertz CT molecular complexity index is 445. The summed E-state index contributed by atoms with van der Waals surface area (Å²) >= 11 is 0. The summed E-state index contributed by atoms with van der Waals surface area (Å²) in [6.45, 7) is 2.03. The number of carbonyl (C=O) groups excluding carboxylic acids is 1. The van der Waals surface area contributed by atoms with E-state index >= 15 is 0 Å². The Morgan fingerprint density at radius 2 is 2.17 bits per heavy atom. The monoisotopic (exact) mass is 266 g/mol. The fourth-order valence-electron chi connectivity index (χ4n) is 2.78. The van der Waals surface area contributed by atoms with Gasteiger partial charge in [0.15, 0.2) is 0 Å². The fraction of sp³-hybridized carbons (Fsp3) is 0.500. The molecule has 0 amide bonds. The number of nitrogen functional groups attached to an aromatic ring is 1. The molecule has 2 aliphatic rings. The first-order valence-corrected chi connectivity index (χ1v) is 6.36. The minimum Gasteiger partial charge on any atom is -0.398 e. The van der Waals surface area contributed by atoms with E-state index in [0.29, 0.717) is 0 Å². The lowest BCUT2D eigenvalue weighted by molar-refractivity contribution is -0.113. The van der Waals surface area contributed by atoms with Gasteiger partial charge in [-0.3, -0.25) is 4.90 Å². The van der Waals surface area contributed by atoms with Crippen LogP contribution < -0.4 is 5.73 Å². The number of halogens is 1. The molecule has 0 radical (unpaired) electrons. The zero-order chi connectivity index (χ0) is 11.8. The van der Waals surface area contributed by atoms with Crippen molar-refractivity contribution < 1.29 is 4.79 Å². The van der Waals surface area contributed by atoms with Gasteiger partial charge in [-0.25, -0.2) is 0 Å². The molecule has 3 rings (SSSR count). The molecule has 0 bridgehead atoms. The van der Waals surface area contributed by atoms with Crippen LogP contribution in [0, 0.1) is 5.92 Å². The Morgan fingerprint density at radius 3 is 2.83 bits per heavy atom. The minimum atomic E-state index is -0.0807. The third-order valence-corrected chi connectivity index (χ3v) is 3.93. The van der Waals surface area contributed by atoms with Gasteiger partial charge >= 0.3 is 0 Å². The van der Waals surface area contributed by atoms with E-state index in [4.69, 9.17) is 5.73 Å². The van der Waals surface area contributed by atoms with E-state index in [2.05, 4.69) is 4.90 Å². The van der Waals surface area contributed by atoms with Crippen LogP contribution in [-0.4, -0.2) is 24.3 Å².